The van der Waals surface area contributed by atoms with Crippen molar-refractivity contribution in [1.29, 1.82) is 0 Å². The largest absolute Gasteiger partial charge is 0.354 e. The van der Waals surface area contributed by atoms with Crippen molar-refractivity contribution in [2.45, 2.75) is 52.0 Å². The molecule has 3 rings (SSSR count). The number of carbonyl (C=O) groups is 2. The average Bonchev–Trinajstić information content (AvgIpc) is 2.91. The van der Waals surface area contributed by atoms with E-state index >= 15 is 0 Å². The Hall–Kier alpha value is -3.36. The summed E-state index contributed by atoms with van der Waals surface area (Å²) in [6.07, 6.45) is 0.513. The van der Waals surface area contributed by atoms with Crippen molar-refractivity contribution in [1.82, 2.24) is 10.2 Å². The Kier molecular flexibility index (Phi) is 10.8. The molecular weight excluding hydrogens is 546 g/mol. The highest BCUT2D eigenvalue weighted by atomic mass is 35.5. The second kappa shape index (κ2) is 13.8. The zero-order valence-corrected chi connectivity index (χ0v) is 25.3. The van der Waals surface area contributed by atoms with Crippen LogP contribution in [0.1, 0.15) is 37.5 Å². The number of benzene rings is 3. The van der Waals surface area contributed by atoms with Crippen LogP contribution in [0, 0.1) is 19.8 Å². The van der Waals surface area contributed by atoms with Crippen LogP contribution in [0.25, 0.3) is 0 Å². The summed E-state index contributed by atoms with van der Waals surface area (Å²) < 4.78 is 29.0. The van der Waals surface area contributed by atoms with Crippen LogP contribution < -0.4 is 9.62 Å². The van der Waals surface area contributed by atoms with Gasteiger partial charge in [-0.3, -0.25) is 13.9 Å². The van der Waals surface area contributed by atoms with Crippen molar-refractivity contribution < 1.29 is 18.0 Å². The van der Waals surface area contributed by atoms with Crippen LogP contribution >= 0.6 is 11.6 Å². The van der Waals surface area contributed by atoms with E-state index in [2.05, 4.69) is 5.32 Å². The van der Waals surface area contributed by atoms with Crippen LogP contribution in [0.5, 0.6) is 0 Å². The molecule has 214 valence electrons. The lowest BCUT2D eigenvalue weighted by Gasteiger charge is -2.32. The highest BCUT2D eigenvalue weighted by Gasteiger charge is 2.33. The van der Waals surface area contributed by atoms with E-state index in [4.69, 9.17) is 11.6 Å². The first-order valence-electron chi connectivity index (χ1n) is 13.4. The molecule has 0 bridgehead atoms. The Morgan fingerprint density at radius 2 is 1.57 bits per heavy atom. The minimum absolute atomic E-state index is 0.0683. The number of hydrogen-bond acceptors (Lipinski definition) is 4. The molecule has 7 nitrogen and oxygen atoms in total. The third-order valence-corrected chi connectivity index (χ3v) is 8.66. The topological polar surface area (TPSA) is 86.8 Å². The number of hydrogen-bond donors (Lipinski definition) is 1. The summed E-state index contributed by atoms with van der Waals surface area (Å²) in [5.41, 5.74) is 2.87. The van der Waals surface area contributed by atoms with Gasteiger partial charge in [0.1, 0.15) is 12.6 Å². The normalized spacial score (nSPS) is 12.2. The molecule has 0 radical (unpaired) electrons. The van der Waals surface area contributed by atoms with Gasteiger partial charge >= 0.3 is 0 Å². The molecule has 40 heavy (non-hydrogen) atoms. The number of anilines is 1. The average molecular weight is 584 g/mol. The molecule has 0 aliphatic carbocycles. The first-order chi connectivity index (χ1) is 18.9. The van der Waals surface area contributed by atoms with E-state index in [1.807, 2.05) is 51.1 Å². The van der Waals surface area contributed by atoms with Crippen LogP contribution in [-0.4, -0.2) is 50.8 Å². The zero-order chi connectivity index (χ0) is 29.4. The number of nitrogens with zero attached hydrogens (tertiary/aromatic N) is 2. The number of halogens is 1. The fraction of sp³-hybridized carbons (Fsp3) is 0.355. The first-order valence-corrected chi connectivity index (χ1v) is 15.2. The van der Waals surface area contributed by atoms with E-state index in [9.17, 15) is 18.0 Å². The SMILES string of the molecule is Cc1ccc(S(=O)(=O)N(CC(=O)N(CCc2ccccc2)[C@H](C)C(=O)NCC(C)C)c2ccc(Cl)cc2C)cc1. The monoisotopic (exact) mass is 583 g/mol. The van der Waals surface area contributed by atoms with Gasteiger partial charge in [0.05, 0.1) is 10.6 Å². The van der Waals surface area contributed by atoms with Gasteiger partial charge in [-0.1, -0.05) is 73.5 Å². The van der Waals surface area contributed by atoms with Crippen molar-refractivity contribution in [3.05, 3.63) is 94.5 Å². The summed E-state index contributed by atoms with van der Waals surface area (Å²) in [5.74, 6) is -0.522. The van der Waals surface area contributed by atoms with E-state index in [0.717, 1.165) is 15.4 Å². The summed E-state index contributed by atoms with van der Waals surface area (Å²) in [7, 11) is -4.13. The lowest BCUT2D eigenvalue weighted by Crippen LogP contribution is -2.52. The van der Waals surface area contributed by atoms with Gasteiger partial charge in [0.2, 0.25) is 11.8 Å². The van der Waals surface area contributed by atoms with Gasteiger partial charge in [0.15, 0.2) is 0 Å². The maximum absolute atomic E-state index is 14.0. The van der Waals surface area contributed by atoms with E-state index in [1.165, 1.54) is 17.0 Å². The third kappa shape index (κ3) is 8.08. The molecule has 0 heterocycles. The molecule has 2 amide bonds. The van der Waals surface area contributed by atoms with Crippen LogP contribution in [0.3, 0.4) is 0 Å². The predicted octanol–water partition coefficient (Wildman–Crippen LogP) is 5.38. The second-order valence-corrected chi connectivity index (χ2v) is 12.7. The summed E-state index contributed by atoms with van der Waals surface area (Å²) in [5, 5.41) is 3.36. The minimum atomic E-state index is -4.13. The standard InChI is InChI=1S/C31H38ClN3O4S/c1-22(2)20-33-31(37)25(5)34(18-17-26-9-7-6-8-10-26)30(36)21-35(29-16-13-27(32)19-24(29)4)40(38,39)28-14-11-23(3)12-15-28/h6-16,19,22,25H,17-18,20-21H2,1-5H3,(H,33,37)/t25-/m1/s1. The second-order valence-electron chi connectivity index (χ2n) is 10.4. The van der Waals surface area contributed by atoms with Crippen LogP contribution in [0.4, 0.5) is 5.69 Å². The molecular formula is C31H38ClN3O4S. The van der Waals surface area contributed by atoms with Crippen molar-refractivity contribution in [2.24, 2.45) is 5.92 Å². The van der Waals surface area contributed by atoms with Crippen molar-refractivity contribution in [2.75, 3.05) is 23.9 Å². The fourth-order valence-corrected chi connectivity index (χ4v) is 5.98. The maximum atomic E-state index is 14.0. The maximum Gasteiger partial charge on any atom is 0.264 e. The molecule has 0 aliphatic heterocycles. The van der Waals surface area contributed by atoms with E-state index in [-0.39, 0.29) is 23.3 Å². The van der Waals surface area contributed by atoms with Gasteiger partial charge < -0.3 is 10.2 Å². The first kappa shape index (κ1) is 31.2. The number of carbonyl (C=O) groups excluding carboxylic acids is 2. The molecule has 0 unspecified atom stereocenters. The molecule has 0 aromatic heterocycles. The minimum Gasteiger partial charge on any atom is -0.354 e. The summed E-state index contributed by atoms with van der Waals surface area (Å²) >= 11 is 6.17. The number of amides is 2. The van der Waals surface area contributed by atoms with Crippen molar-refractivity contribution in [3.8, 4) is 0 Å². The van der Waals surface area contributed by atoms with Gasteiger partial charge in [-0.15, -0.1) is 0 Å². The number of aryl methyl sites for hydroxylation is 2. The Balaban J connectivity index is 1.99. The highest BCUT2D eigenvalue weighted by Crippen LogP contribution is 2.29. The molecule has 9 heteroatoms. The molecule has 0 spiro atoms. The van der Waals surface area contributed by atoms with Crippen LogP contribution in [0.15, 0.2) is 77.7 Å². The lowest BCUT2D eigenvalue weighted by atomic mass is 10.1. The van der Waals surface area contributed by atoms with Gasteiger partial charge in [-0.2, -0.15) is 0 Å². The Bertz CT molecular complexity index is 1410. The van der Waals surface area contributed by atoms with Crippen LogP contribution in [0.2, 0.25) is 5.02 Å². The van der Waals surface area contributed by atoms with E-state index in [0.29, 0.717) is 29.2 Å². The molecule has 3 aromatic rings. The Morgan fingerprint density at radius 3 is 2.17 bits per heavy atom. The van der Waals surface area contributed by atoms with Gasteiger partial charge in [0, 0.05) is 18.1 Å². The predicted molar refractivity (Wildman–Crippen MR) is 161 cm³/mol. The molecule has 0 saturated heterocycles. The number of nitrogens with one attached hydrogen (secondary N) is 1. The zero-order valence-electron chi connectivity index (χ0n) is 23.7. The Labute approximate surface area is 243 Å². The van der Waals surface area contributed by atoms with E-state index < -0.39 is 28.5 Å². The molecule has 3 aromatic carbocycles. The molecule has 1 atom stereocenters. The lowest BCUT2D eigenvalue weighted by molar-refractivity contribution is -0.138. The van der Waals surface area contributed by atoms with Gasteiger partial charge in [-0.05, 0) is 74.6 Å². The highest BCUT2D eigenvalue weighted by molar-refractivity contribution is 7.92. The van der Waals surface area contributed by atoms with Crippen molar-refractivity contribution in [3.63, 3.8) is 0 Å². The van der Waals surface area contributed by atoms with Gasteiger partial charge in [0.25, 0.3) is 10.0 Å². The molecule has 0 aliphatic rings. The number of rotatable bonds is 12. The fourth-order valence-electron chi connectivity index (χ4n) is 4.27. The van der Waals surface area contributed by atoms with Crippen molar-refractivity contribution >= 4 is 39.1 Å². The summed E-state index contributed by atoms with van der Waals surface area (Å²) in [6, 6.07) is 20.2. The molecule has 1 N–H and O–H groups in total. The quantitative estimate of drug-likeness (QED) is 0.310. The van der Waals surface area contributed by atoms with E-state index in [1.54, 1.807) is 44.2 Å². The molecule has 0 fully saturated rings. The smallest absolute Gasteiger partial charge is 0.264 e. The van der Waals surface area contributed by atoms with Gasteiger partial charge in [-0.25, -0.2) is 8.42 Å². The number of sulfonamides is 1. The summed E-state index contributed by atoms with van der Waals surface area (Å²) in [4.78, 5) is 28.5. The summed E-state index contributed by atoms with van der Waals surface area (Å²) in [6.45, 7) is 9.52. The molecule has 0 saturated carbocycles. The third-order valence-electron chi connectivity index (χ3n) is 6.65. The Morgan fingerprint density at radius 1 is 0.925 bits per heavy atom. The van der Waals surface area contributed by atoms with Crippen LogP contribution in [-0.2, 0) is 26.0 Å².